The van der Waals surface area contributed by atoms with E-state index < -0.39 is 0 Å². The third-order valence-electron chi connectivity index (χ3n) is 3.06. The molecule has 0 saturated carbocycles. The minimum Gasteiger partial charge on any atom is -0.0843 e. The van der Waals surface area contributed by atoms with E-state index in [9.17, 15) is 0 Å². The van der Waals surface area contributed by atoms with E-state index in [2.05, 4.69) is 45.9 Å². The topological polar surface area (TPSA) is 0 Å². The van der Waals surface area contributed by atoms with Gasteiger partial charge in [0.05, 0.1) is 0 Å². The Morgan fingerprint density at radius 2 is 1.25 bits per heavy atom. The van der Waals surface area contributed by atoms with Crippen molar-refractivity contribution in [3.63, 3.8) is 0 Å². The van der Waals surface area contributed by atoms with Gasteiger partial charge in [0.15, 0.2) is 0 Å². The summed E-state index contributed by atoms with van der Waals surface area (Å²) in [5.41, 5.74) is 2.56. The molecule has 0 aliphatic rings. The van der Waals surface area contributed by atoms with Gasteiger partial charge in [-0.05, 0) is 41.2 Å². The van der Waals surface area contributed by atoms with Gasteiger partial charge in [0.25, 0.3) is 0 Å². The molecule has 0 radical (unpaired) electrons. The van der Waals surface area contributed by atoms with Gasteiger partial charge in [-0.2, -0.15) is 0 Å². The molecule has 0 fully saturated rings. The second-order valence-electron chi connectivity index (χ2n) is 5.38. The highest BCUT2D eigenvalue weighted by atomic mass is 35.5. The first kappa shape index (κ1) is 17.1. The predicted molar refractivity (Wildman–Crippen MR) is 91.1 cm³/mol. The molecule has 0 aliphatic carbocycles. The van der Waals surface area contributed by atoms with Crippen LogP contribution in [0.25, 0.3) is 0 Å². The third-order valence-corrected chi connectivity index (χ3v) is 3.66. The Hall–Kier alpha value is -0.980. The summed E-state index contributed by atoms with van der Waals surface area (Å²) in [4.78, 5) is 0. The molecular formula is C18H22Cl2. The van der Waals surface area contributed by atoms with Gasteiger partial charge in [0.1, 0.15) is 0 Å². The van der Waals surface area contributed by atoms with Crippen LogP contribution in [0.3, 0.4) is 0 Å². The normalized spacial score (nSPS) is 10.4. The van der Waals surface area contributed by atoms with Crippen molar-refractivity contribution in [3.05, 3.63) is 69.7 Å². The maximum Gasteiger partial charge on any atom is 0.0440 e. The SMILES string of the molecule is CC(C)c1ccc(Cl)cc1.CC(C)c1ccccc1Cl. The number of rotatable bonds is 2. The molecule has 0 unspecified atom stereocenters. The van der Waals surface area contributed by atoms with Crippen molar-refractivity contribution >= 4 is 23.2 Å². The lowest BCUT2D eigenvalue weighted by Crippen LogP contribution is -1.86. The number of benzene rings is 2. The molecule has 0 atom stereocenters. The Morgan fingerprint density at radius 3 is 1.65 bits per heavy atom. The van der Waals surface area contributed by atoms with Crippen LogP contribution in [0.1, 0.15) is 50.7 Å². The molecule has 0 saturated heterocycles. The molecule has 0 aliphatic heterocycles. The smallest absolute Gasteiger partial charge is 0.0440 e. The summed E-state index contributed by atoms with van der Waals surface area (Å²) in [6.45, 7) is 8.62. The minimum atomic E-state index is 0.522. The highest BCUT2D eigenvalue weighted by Crippen LogP contribution is 2.22. The fourth-order valence-corrected chi connectivity index (χ4v) is 2.27. The standard InChI is InChI=1S/2C9H11Cl/c1-7(2)8-3-5-9(10)6-4-8;1-7(2)8-5-3-4-6-9(8)10/h2*3-7H,1-2H3. The second-order valence-corrected chi connectivity index (χ2v) is 6.23. The van der Waals surface area contributed by atoms with E-state index >= 15 is 0 Å². The van der Waals surface area contributed by atoms with Gasteiger partial charge in [0, 0.05) is 10.0 Å². The van der Waals surface area contributed by atoms with Crippen LogP contribution in [-0.4, -0.2) is 0 Å². The van der Waals surface area contributed by atoms with Gasteiger partial charge < -0.3 is 0 Å². The fraction of sp³-hybridized carbons (Fsp3) is 0.333. The Balaban J connectivity index is 0.000000200. The zero-order valence-electron chi connectivity index (χ0n) is 12.5. The first-order valence-electron chi connectivity index (χ1n) is 6.91. The van der Waals surface area contributed by atoms with E-state index in [0.717, 1.165) is 10.0 Å². The Labute approximate surface area is 132 Å². The zero-order chi connectivity index (χ0) is 15.1. The number of hydrogen-bond donors (Lipinski definition) is 0. The van der Waals surface area contributed by atoms with Crippen molar-refractivity contribution in [2.75, 3.05) is 0 Å². The van der Waals surface area contributed by atoms with Crippen LogP contribution in [0.4, 0.5) is 0 Å². The van der Waals surface area contributed by atoms with Crippen molar-refractivity contribution in [2.24, 2.45) is 0 Å². The molecule has 0 heterocycles. The van der Waals surface area contributed by atoms with Crippen LogP contribution in [0.2, 0.25) is 10.0 Å². The van der Waals surface area contributed by atoms with Crippen LogP contribution in [0.5, 0.6) is 0 Å². The van der Waals surface area contributed by atoms with Crippen molar-refractivity contribution in [1.82, 2.24) is 0 Å². The van der Waals surface area contributed by atoms with Crippen molar-refractivity contribution in [1.29, 1.82) is 0 Å². The zero-order valence-corrected chi connectivity index (χ0v) is 14.0. The van der Waals surface area contributed by atoms with Crippen LogP contribution in [0, 0.1) is 0 Å². The highest BCUT2D eigenvalue weighted by molar-refractivity contribution is 6.31. The molecule has 0 amide bonds. The van der Waals surface area contributed by atoms with Gasteiger partial charge in [-0.3, -0.25) is 0 Å². The molecule has 0 spiro atoms. The lowest BCUT2D eigenvalue weighted by atomic mass is 10.0. The molecule has 2 aromatic carbocycles. The summed E-state index contributed by atoms with van der Waals surface area (Å²) in [5, 5.41) is 1.68. The van der Waals surface area contributed by atoms with E-state index in [-0.39, 0.29) is 0 Å². The Morgan fingerprint density at radius 1 is 0.700 bits per heavy atom. The first-order chi connectivity index (χ1) is 9.41. The minimum absolute atomic E-state index is 0.522. The molecule has 2 aromatic rings. The summed E-state index contributed by atoms with van der Waals surface area (Å²) in [7, 11) is 0. The second kappa shape index (κ2) is 8.34. The van der Waals surface area contributed by atoms with Gasteiger partial charge in [0.2, 0.25) is 0 Å². The fourth-order valence-electron chi connectivity index (χ4n) is 1.79. The van der Waals surface area contributed by atoms with Gasteiger partial charge >= 0.3 is 0 Å². The predicted octanol–water partition coefficient (Wildman–Crippen LogP) is 6.93. The summed E-state index contributed by atoms with van der Waals surface area (Å²) in [6, 6.07) is 15.9. The average molecular weight is 309 g/mol. The third kappa shape index (κ3) is 5.56. The van der Waals surface area contributed by atoms with Crippen LogP contribution in [-0.2, 0) is 0 Å². The lowest BCUT2D eigenvalue weighted by molar-refractivity contribution is 0.867. The van der Waals surface area contributed by atoms with E-state index in [1.807, 2.05) is 30.3 Å². The van der Waals surface area contributed by atoms with Gasteiger partial charge in [-0.25, -0.2) is 0 Å². The molecule has 2 heteroatoms. The molecular weight excluding hydrogens is 287 g/mol. The molecule has 0 bridgehead atoms. The monoisotopic (exact) mass is 308 g/mol. The van der Waals surface area contributed by atoms with E-state index in [1.165, 1.54) is 11.1 Å². The molecule has 0 aromatic heterocycles. The van der Waals surface area contributed by atoms with Crippen molar-refractivity contribution < 1.29 is 0 Å². The van der Waals surface area contributed by atoms with Crippen LogP contribution in [0.15, 0.2) is 48.5 Å². The van der Waals surface area contributed by atoms with E-state index in [4.69, 9.17) is 23.2 Å². The molecule has 2 rings (SSSR count). The number of halogens is 2. The summed E-state index contributed by atoms with van der Waals surface area (Å²) >= 11 is 11.6. The average Bonchev–Trinajstić information content (AvgIpc) is 2.40. The van der Waals surface area contributed by atoms with Crippen LogP contribution >= 0.6 is 23.2 Å². The Kier molecular flexibility index (Phi) is 7.12. The van der Waals surface area contributed by atoms with Gasteiger partial charge in [-0.15, -0.1) is 0 Å². The quantitative estimate of drug-likeness (QED) is 0.564. The molecule has 0 N–H and O–H groups in total. The summed E-state index contributed by atoms with van der Waals surface area (Å²) in [6.07, 6.45) is 0. The highest BCUT2D eigenvalue weighted by Gasteiger charge is 2.01. The lowest BCUT2D eigenvalue weighted by Gasteiger charge is -2.05. The van der Waals surface area contributed by atoms with Gasteiger partial charge in [-0.1, -0.05) is 81.2 Å². The van der Waals surface area contributed by atoms with E-state index in [1.54, 1.807) is 0 Å². The van der Waals surface area contributed by atoms with Crippen molar-refractivity contribution in [3.8, 4) is 0 Å². The summed E-state index contributed by atoms with van der Waals surface area (Å²) in [5.74, 6) is 1.12. The maximum atomic E-state index is 5.92. The summed E-state index contributed by atoms with van der Waals surface area (Å²) < 4.78 is 0. The maximum absolute atomic E-state index is 5.92. The molecule has 20 heavy (non-hydrogen) atoms. The van der Waals surface area contributed by atoms with E-state index in [0.29, 0.717) is 11.8 Å². The molecule has 108 valence electrons. The number of hydrogen-bond acceptors (Lipinski definition) is 0. The van der Waals surface area contributed by atoms with Crippen molar-refractivity contribution in [2.45, 2.75) is 39.5 Å². The largest absolute Gasteiger partial charge is 0.0843 e. The van der Waals surface area contributed by atoms with Crippen LogP contribution < -0.4 is 0 Å². The first-order valence-corrected chi connectivity index (χ1v) is 7.67. The molecule has 0 nitrogen and oxygen atoms in total. The Bertz CT molecular complexity index is 513.